The van der Waals surface area contributed by atoms with E-state index in [1.807, 2.05) is 18.9 Å². The van der Waals surface area contributed by atoms with Crippen molar-refractivity contribution in [1.29, 1.82) is 0 Å². The summed E-state index contributed by atoms with van der Waals surface area (Å²) in [6, 6.07) is 0. The number of carbonyl (C=O) groups excluding carboxylic acids is 2. The zero-order chi connectivity index (χ0) is 14.6. The number of hydrogen-bond acceptors (Lipinski definition) is 7. The van der Waals surface area contributed by atoms with Gasteiger partial charge in [0.05, 0.1) is 19.9 Å². The van der Waals surface area contributed by atoms with Gasteiger partial charge in [-0.15, -0.1) is 11.3 Å². The van der Waals surface area contributed by atoms with Gasteiger partial charge in [0.1, 0.15) is 15.4 Å². The molecule has 106 valence electrons. The Hall–Kier alpha value is -1.76. The molecule has 1 rings (SSSR count). The number of anilines is 2. The van der Waals surface area contributed by atoms with Crippen LogP contribution in [0.15, 0.2) is 0 Å². The molecule has 0 saturated carbocycles. The summed E-state index contributed by atoms with van der Waals surface area (Å²) in [6.07, 6.45) is 0.905. The number of thiophene rings is 1. The lowest BCUT2D eigenvalue weighted by molar-refractivity contribution is 0.0602. The number of hydrogen-bond donors (Lipinski definition) is 1. The van der Waals surface area contributed by atoms with E-state index in [1.54, 1.807) is 0 Å². The van der Waals surface area contributed by atoms with Crippen LogP contribution in [0, 0.1) is 0 Å². The third-order valence-electron chi connectivity index (χ3n) is 2.59. The second-order valence-corrected chi connectivity index (χ2v) is 4.93. The van der Waals surface area contributed by atoms with Crippen LogP contribution in [0.2, 0.25) is 0 Å². The van der Waals surface area contributed by atoms with Crippen LogP contribution in [0.25, 0.3) is 0 Å². The molecule has 19 heavy (non-hydrogen) atoms. The number of carbonyl (C=O) groups is 2. The van der Waals surface area contributed by atoms with Gasteiger partial charge in [-0.05, 0) is 6.42 Å². The lowest BCUT2D eigenvalue weighted by Gasteiger charge is -2.17. The highest BCUT2D eigenvalue weighted by Gasteiger charge is 2.28. The molecule has 6 nitrogen and oxygen atoms in total. The SMILES string of the molecule is CCCN(C)c1sc(C(=O)OC)c(N)c1C(=O)OC. The van der Waals surface area contributed by atoms with Gasteiger partial charge in [0, 0.05) is 13.6 Å². The van der Waals surface area contributed by atoms with E-state index in [2.05, 4.69) is 4.74 Å². The quantitative estimate of drug-likeness (QED) is 0.830. The van der Waals surface area contributed by atoms with Gasteiger partial charge in [0.25, 0.3) is 0 Å². The molecular weight excluding hydrogens is 268 g/mol. The van der Waals surface area contributed by atoms with E-state index >= 15 is 0 Å². The predicted molar refractivity (Wildman–Crippen MR) is 75.0 cm³/mol. The molecule has 0 saturated heterocycles. The van der Waals surface area contributed by atoms with Crippen molar-refractivity contribution < 1.29 is 19.1 Å². The summed E-state index contributed by atoms with van der Waals surface area (Å²) >= 11 is 1.14. The van der Waals surface area contributed by atoms with E-state index in [0.717, 1.165) is 24.3 Å². The zero-order valence-corrected chi connectivity index (χ0v) is 12.3. The molecule has 0 amide bonds. The van der Waals surface area contributed by atoms with Crippen LogP contribution >= 0.6 is 11.3 Å². The van der Waals surface area contributed by atoms with Gasteiger partial charge in [0.15, 0.2) is 0 Å². The minimum Gasteiger partial charge on any atom is -0.465 e. The Morgan fingerprint density at radius 3 is 2.32 bits per heavy atom. The molecule has 0 spiro atoms. The van der Waals surface area contributed by atoms with Crippen LogP contribution in [-0.4, -0.2) is 39.8 Å². The topological polar surface area (TPSA) is 81.9 Å². The second kappa shape index (κ2) is 6.42. The number of esters is 2. The summed E-state index contributed by atoms with van der Waals surface area (Å²) in [6.45, 7) is 2.76. The van der Waals surface area contributed by atoms with Crippen molar-refractivity contribution >= 4 is 34.0 Å². The fourth-order valence-electron chi connectivity index (χ4n) is 1.68. The van der Waals surface area contributed by atoms with Gasteiger partial charge in [0.2, 0.25) is 0 Å². The third kappa shape index (κ3) is 2.98. The number of nitrogens with zero attached hydrogens (tertiary/aromatic N) is 1. The Morgan fingerprint density at radius 1 is 1.26 bits per heavy atom. The van der Waals surface area contributed by atoms with Crippen molar-refractivity contribution in [3.63, 3.8) is 0 Å². The van der Waals surface area contributed by atoms with Gasteiger partial charge in [-0.2, -0.15) is 0 Å². The number of methoxy groups -OCH3 is 2. The second-order valence-electron chi connectivity index (χ2n) is 3.93. The van der Waals surface area contributed by atoms with Crippen molar-refractivity contribution in [1.82, 2.24) is 0 Å². The molecule has 0 aliphatic carbocycles. The molecule has 0 aliphatic rings. The van der Waals surface area contributed by atoms with Crippen LogP contribution in [0.3, 0.4) is 0 Å². The Morgan fingerprint density at radius 2 is 1.84 bits per heavy atom. The van der Waals surface area contributed by atoms with Crippen molar-refractivity contribution in [2.24, 2.45) is 0 Å². The summed E-state index contributed by atoms with van der Waals surface area (Å²) in [5.74, 6) is -1.11. The summed E-state index contributed by atoms with van der Waals surface area (Å²) in [4.78, 5) is 25.5. The monoisotopic (exact) mass is 286 g/mol. The first-order valence-electron chi connectivity index (χ1n) is 5.77. The Balaban J connectivity index is 3.35. The highest BCUT2D eigenvalue weighted by molar-refractivity contribution is 7.19. The van der Waals surface area contributed by atoms with Crippen LogP contribution in [0.5, 0.6) is 0 Å². The molecule has 2 N–H and O–H groups in total. The molecule has 7 heteroatoms. The molecule has 0 unspecified atom stereocenters. The predicted octanol–water partition coefficient (Wildman–Crippen LogP) is 1.75. The highest BCUT2D eigenvalue weighted by Crippen LogP contribution is 2.38. The molecule has 1 heterocycles. The molecule has 1 aromatic rings. The van der Waals surface area contributed by atoms with Crippen LogP contribution in [0.4, 0.5) is 10.7 Å². The Labute approximate surface area is 116 Å². The van der Waals surface area contributed by atoms with Crippen molar-refractivity contribution in [2.45, 2.75) is 13.3 Å². The van der Waals surface area contributed by atoms with E-state index < -0.39 is 11.9 Å². The molecule has 0 radical (unpaired) electrons. The fraction of sp³-hybridized carbons (Fsp3) is 0.500. The van der Waals surface area contributed by atoms with E-state index in [9.17, 15) is 9.59 Å². The maximum absolute atomic E-state index is 11.8. The Bertz CT molecular complexity index is 484. The smallest absolute Gasteiger partial charge is 0.350 e. The summed E-state index contributed by atoms with van der Waals surface area (Å²) < 4.78 is 9.38. The van der Waals surface area contributed by atoms with Crippen LogP contribution in [0.1, 0.15) is 33.4 Å². The minimum absolute atomic E-state index is 0.113. The summed E-state index contributed by atoms with van der Waals surface area (Å²) in [5, 5.41) is 0.617. The molecule has 1 aromatic heterocycles. The first kappa shape index (κ1) is 15.3. The third-order valence-corrected chi connectivity index (χ3v) is 3.89. The fourth-order valence-corrected chi connectivity index (χ4v) is 2.80. The van der Waals surface area contributed by atoms with Crippen molar-refractivity contribution in [2.75, 3.05) is 38.4 Å². The van der Waals surface area contributed by atoms with Gasteiger partial charge >= 0.3 is 11.9 Å². The van der Waals surface area contributed by atoms with E-state index in [-0.39, 0.29) is 16.1 Å². The lowest BCUT2D eigenvalue weighted by atomic mass is 10.2. The number of nitrogen functional groups attached to an aromatic ring is 1. The molecular formula is C12H18N2O4S. The summed E-state index contributed by atoms with van der Waals surface area (Å²) in [7, 11) is 4.39. The van der Waals surface area contributed by atoms with Gasteiger partial charge < -0.3 is 20.1 Å². The average Bonchev–Trinajstić information content (AvgIpc) is 2.75. The van der Waals surface area contributed by atoms with Crippen LogP contribution < -0.4 is 10.6 Å². The number of ether oxygens (including phenoxy) is 2. The summed E-state index contributed by atoms with van der Waals surface area (Å²) in [5.41, 5.74) is 6.21. The molecule has 0 aliphatic heterocycles. The Kier molecular flexibility index (Phi) is 5.17. The zero-order valence-electron chi connectivity index (χ0n) is 11.5. The van der Waals surface area contributed by atoms with E-state index in [0.29, 0.717) is 5.00 Å². The van der Waals surface area contributed by atoms with E-state index in [4.69, 9.17) is 10.5 Å². The van der Waals surface area contributed by atoms with Gasteiger partial charge in [-0.3, -0.25) is 0 Å². The lowest BCUT2D eigenvalue weighted by Crippen LogP contribution is -2.19. The molecule has 0 aromatic carbocycles. The molecule has 0 atom stereocenters. The number of rotatable bonds is 5. The minimum atomic E-state index is -0.554. The molecule has 0 fully saturated rings. The van der Waals surface area contributed by atoms with Gasteiger partial charge in [-0.25, -0.2) is 9.59 Å². The highest BCUT2D eigenvalue weighted by atomic mass is 32.1. The van der Waals surface area contributed by atoms with Crippen LogP contribution in [-0.2, 0) is 9.47 Å². The first-order valence-corrected chi connectivity index (χ1v) is 6.59. The molecule has 0 bridgehead atoms. The largest absolute Gasteiger partial charge is 0.465 e. The standard InChI is InChI=1S/C12H18N2O4S/c1-5-6-14(2)10-7(11(15)17-3)8(13)9(19-10)12(16)18-4/h5-6,13H2,1-4H3. The van der Waals surface area contributed by atoms with Crippen molar-refractivity contribution in [3.8, 4) is 0 Å². The maximum atomic E-state index is 11.8. The average molecular weight is 286 g/mol. The first-order chi connectivity index (χ1) is 8.97. The van der Waals surface area contributed by atoms with E-state index in [1.165, 1.54) is 14.2 Å². The number of nitrogens with two attached hydrogens (primary N) is 1. The van der Waals surface area contributed by atoms with Gasteiger partial charge in [-0.1, -0.05) is 6.92 Å². The maximum Gasteiger partial charge on any atom is 0.350 e. The normalized spacial score (nSPS) is 10.1. The van der Waals surface area contributed by atoms with Crippen molar-refractivity contribution in [3.05, 3.63) is 10.4 Å².